The minimum absolute atomic E-state index is 0.0309. The van der Waals surface area contributed by atoms with Crippen molar-refractivity contribution in [3.05, 3.63) is 39.9 Å². The first-order chi connectivity index (χ1) is 11.3. The minimum atomic E-state index is -0.449. The van der Waals surface area contributed by atoms with Crippen LogP contribution in [-0.2, 0) is 16.0 Å². The van der Waals surface area contributed by atoms with E-state index in [4.69, 9.17) is 4.74 Å². The van der Waals surface area contributed by atoms with E-state index in [0.29, 0.717) is 6.54 Å². The first kappa shape index (κ1) is 18.4. The standard InChI is InChI=1S/C17H25N3O4/c1-12(19-10-13(2)24-14(3)11-19)9-18-17(21)8-15-4-6-16(7-5-15)20(22)23/h4-7,12-14H,8-11H2,1-3H3,(H,18,21)/t12-,13+,14+/m0/s1. The largest absolute Gasteiger partial charge is 0.373 e. The lowest BCUT2D eigenvalue weighted by molar-refractivity contribution is -0.384. The van der Waals surface area contributed by atoms with Crippen molar-refractivity contribution >= 4 is 11.6 Å². The van der Waals surface area contributed by atoms with Crippen LogP contribution in [0.15, 0.2) is 24.3 Å². The highest BCUT2D eigenvalue weighted by atomic mass is 16.6. The van der Waals surface area contributed by atoms with Crippen molar-refractivity contribution in [2.75, 3.05) is 19.6 Å². The molecule has 1 aromatic rings. The van der Waals surface area contributed by atoms with Gasteiger partial charge in [-0.1, -0.05) is 12.1 Å². The van der Waals surface area contributed by atoms with Gasteiger partial charge in [0.25, 0.3) is 5.69 Å². The molecule has 24 heavy (non-hydrogen) atoms. The molecule has 0 saturated carbocycles. The summed E-state index contributed by atoms with van der Waals surface area (Å²) in [4.78, 5) is 24.6. The number of hydrogen-bond donors (Lipinski definition) is 1. The molecule has 1 N–H and O–H groups in total. The van der Waals surface area contributed by atoms with Crippen LogP contribution in [0.3, 0.4) is 0 Å². The van der Waals surface area contributed by atoms with Crippen molar-refractivity contribution in [2.45, 2.75) is 45.4 Å². The average Bonchev–Trinajstić information content (AvgIpc) is 2.52. The van der Waals surface area contributed by atoms with Crippen LogP contribution in [0.2, 0.25) is 0 Å². The maximum absolute atomic E-state index is 12.1. The quantitative estimate of drug-likeness (QED) is 0.632. The van der Waals surface area contributed by atoms with Gasteiger partial charge in [-0.2, -0.15) is 0 Å². The Hall–Kier alpha value is -1.99. The fourth-order valence-corrected chi connectivity index (χ4v) is 2.95. The van der Waals surface area contributed by atoms with E-state index in [0.717, 1.165) is 18.7 Å². The summed E-state index contributed by atoms with van der Waals surface area (Å²) in [5.74, 6) is -0.0786. The van der Waals surface area contributed by atoms with Gasteiger partial charge < -0.3 is 10.1 Å². The highest BCUT2D eigenvalue weighted by Crippen LogP contribution is 2.14. The molecule has 1 aliphatic heterocycles. The molecule has 0 aromatic heterocycles. The molecule has 1 aromatic carbocycles. The zero-order chi connectivity index (χ0) is 17.7. The molecule has 7 nitrogen and oxygen atoms in total. The molecule has 0 aliphatic carbocycles. The lowest BCUT2D eigenvalue weighted by Crippen LogP contribution is -2.52. The predicted molar refractivity (Wildman–Crippen MR) is 90.9 cm³/mol. The Kier molecular flexibility index (Phi) is 6.28. The molecular weight excluding hydrogens is 310 g/mol. The fourth-order valence-electron chi connectivity index (χ4n) is 2.95. The van der Waals surface area contributed by atoms with E-state index in [1.165, 1.54) is 12.1 Å². The van der Waals surface area contributed by atoms with E-state index in [-0.39, 0.29) is 36.3 Å². The Morgan fingerprint density at radius 1 is 1.33 bits per heavy atom. The smallest absolute Gasteiger partial charge is 0.269 e. The van der Waals surface area contributed by atoms with Gasteiger partial charge in [-0.3, -0.25) is 19.8 Å². The van der Waals surface area contributed by atoms with Gasteiger partial charge >= 0.3 is 0 Å². The van der Waals surface area contributed by atoms with Crippen molar-refractivity contribution < 1.29 is 14.5 Å². The Morgan fingerprint density at radius 2 is 1.92 bits per heavy atom. The van der Waals surface area contributed by atoms with Crippen LogP contribution in [-0.4, -0.2) is 53.6 Å². The highest BCUT2D eigenvalue weighted by Gasteiger charge is 2.25. The second-order valence-electron chi connectivity index (χ2n) is 6.46. The van der Waals surface area contributed by atoms with E-state index in [9.17, 15) is 14.9 Å². The number of amides is 1. The molecule has 1 aliphatic rings. The van der Waals surface area contributed by atoms with Gasteiger partial charge in [0.15, 0.2) is 0 Å². The number of nitrogens with zero attached hydrogens (tertiary/aromatic N) is 2. The van der Waals surface area contributed by atoms with Crippen LogP contribution in [0.5, 0.6) is 0 Å². The molecule has 0 spiro atoms. The van der Waals surface area contributed by atoms with Crippen molar-refractivity contribution in [1.82, 2.24) is 10.2 Å². The van der Waals surface area contributed by atoms with Crippen LogP contribution < -0.4 is 5.32 Å². The molecule has 7 heteroatoms. The summed E-state index contributed by atoms with van der Waals surface area (Å²) in [5, 5.41) is 13.6. The third-order valence-corrected chi connectivity index (χ3v) is 4.18. The first-order valence-electron chi connectivity index (χ1n) is 8.24. The maximum Gasteiger partial charge on any atom is 0.269 e. The third-order valence-electron chi connectivity index (χ3n) is 4.18. The number of non-ortho nitro benzene ring substituents is 1. The van der Waals surface area contributed by atoms with Crippen LogP contribution in [0, 0.1) is 10.1 Å². The summed E-state index contributed by atoms with van der Waals surface area (Å²) in [6, 6.07) is 6.31. The Bertz CT molecular complexity index is 566. The van der Waals surface area contributed by atoms with E-state index >= 15 is 0 Å². The lowest BCUT2D eigenvalue weighted by Gasteiger charge is -2.39. The van der Waals surface area contributed by atoms with Gasteiger partial charge in [-0.25, -0.2) is 0 Å². The van der Waals surface area contributed by atoms with Gasteiger partial charge in [-0.05, 0) is 26.3 Å². The van der Waals surface area contributed by atoms with E-state index in [1.54, 1.807) is 12.1 Å². The van der Waals surface area contributed by atoms with Crippen LogP contribution in [0.1, 0.15) is 26.3 Å². The summed E-state index contributed by atoms with van der Waals surface area (Å²) in [7, 11) is 0. The number of carbonyl (C=O) groups excluding carboxylic acids is 1. The van der Waals surface area contributed by atoms with Gasteiger partial charge in [0.1, 0.15) is 0 Å². The van der Waals surface area contributed by atoms with Crippen LogP contribution in [0.25, 0.3) is 0 Å². The molecule has 1 amide bonds. The topological polar surface area (TPSA) is 84.7 Å². The number of ether oxygens (including phenoxy) is 1. The van der Waals surface area contributed by atoms with Gasteiger partial charge in [0.05, 0.1) is 23.6 Å². The molecular formula is C17H25N3O4. The highest BCUT2D eigenvalue weighted by molar-refractivity contribution is 5.78. The zero-order valence-electron chi connectivity index (χ0n) is 14.4. The summed E-state index contributed by atoms with van der Waals surface area (Å²) in [5.41, 5.74) is 0.794. The van der Waals surface area contributed by atoms with Crippen molar-refractivity contribution in [1.29, 1.82) is 0 Å². The summed E-state index contributed by atoms with van der Waals surface area (Å²) in [6.07, 6.45) is 0.625. The number of morpholine rings is 1. The van der Waals surface area contributed by atoms with E-state index in [1.807, 2.05) is 0 Å². The maximum atomic E-state index is 12.1. The number of nitrogens with one attached hydrogen (secondary N) is 1. The predicted octanol–water partition coefficient (Wildman–Crippen LogP) is 1.75. The molecule has 2 rings (SSSR count). The molecule has 3 atom stereocenters. The van der Waals surface area contributed by atoms with Gasteiger partial charge in [0, 0.05) is 37.8 Å². The van der Waals surface area contributed by atoms with Crippen molar-refractivity contribution in [2.24, 2.45) is 0 Å². The SMILES string of the molecule is C[C@@H]1CN([C@@H](C)CNC(=O)Cc2ccc([N+](=O)[O-])cc2)C[C@@H](C)O1. The monoisotopic (exact) mass is 335 g/mol. The average molecular weight is 335 g/mol. The normalized spacial score (nSPS) is 22.8. The van der Waals surface area contributed by atoms with Crippen LogP contribution >= 0.6 is 0 Å². The van der Waals surface area contributed by atoms with Crippen molar-refractivity contribution in [3.8, 4) is 0 Å². The van der Waals surface area contributed by atoms with Crippen LogP contribution in [0.4, 0.5) is 5.69 Å². The Labute approximate surface area is 142 Å². The molecule has 1 saturated heterocycles. The summed E-state index contributed by atoms with van der Waals surface area (Å²) >= 11 is 0. The second-order valence-corrected chi connectivity index (χ2v) is 6.46. The molecule has 1 heterocycles. The molecule has 0 bridgehead atoms. The number of carbonyl (C=O) groups is 1. The fraction of sp³-hybridized carbons (Fsp3) is 0.588. The molecule has 1 fully saturated rings. The van der Waals surface area contributed by atoms with E-state index in [2.05, 4.69) is 31.0 Å². The van der Waals surface area contributed by atoms with Gasteiger partial charge in [0.2, 0.25) is 5.91 Å². The summed E-state index contributed by atoms with van der Waals surface area (Å²) in [6.45, 7) is 8.51. The van der Waals surface area contributed by atoms with Crippen molar-refractivity contribution in [3.63, 3.8) is 0 Å². The number of benzene rings is 1. The minimum Gasteiger partial charge on any atom is -0.373 e. The molecule has 0 radical (unpaired) electrons. The number of rotatable bonds is 6. The first-order valence-corrected chi connectivity index (χ1v) is 8.24. The number of hydrogen-bond acceptors (Lipinski definition) is 5. The van der Waals surface area contributed by atoms with E-state index < -0.39 is 4.92 Å². The number of nitro groups is 1. The third kappa shape index (κ3) is 5.28. The summed E-state index contributed by atoms with van der Waals surface area (Å²) < 4.78 is 5.72. The molecule has 0 unspecified atom stereocenters. The molecule has 132 valence electrons. The zero-order valence-corrected chi connectivity index (χ0v) is 14.4. The Morgan fingerprint density at radius 3 is 2.46 bits per heavy atom. The lowest BCUT2D eigenvalue weighted by atomic mass is 10.1. The Balaban J connectivity index is 1.79. The number of nitro benzene ring substituents is 1. The second kappa shape index (κ2) is 8.21. The van der Waals surface area contributed by atoms with Gasteiger partial charge in [-0.15, -0.1) is 0 Å².